The van der Waals surface area contributed by atoms with E-state index in [9.17, 15) is 10.1 Å². The van der Waals surface area contributed by atoms with E-state index < -0.39 is 11.9 Å². The normalized spacial score (nSPS) is 15.8. The maximum absolute atomic E-state index is 12.4. The lowest BCUT2D eigenvalue weighted by molar-refractivity contribution is -0.146. The van der Waals surface area contributed by atoms with Gasteiger partial charge in [0.15, 0.2) is 5.92 Å². The summed E-state index contributed by atoms with van der Waals surface area (Å²) in [7, 11) is 0. The van der Waals surface area contributed by atoms with Crippen LogP contribution in [0, 0.1) is 17.2 Å². The fraction of sp³-hybridized carbons (Fsp3) is 0.391. The first kappa shape index (κ1) is 19.0. The van der Waals surface area contributed by atoms with Gasteiger partial charge in [0.05, 0.1) is 12.7 Å². The van der Waals surface area contributed by atoms with Crippen molar-refractivity contribution in [2.24, 2.45) is 5.92 Å². The predicted molar refractivity (Wildman–Crippen MR) is 107 cm³/mol. The molecule has 1 aliphatic rings. The molecule has 2 aromatic rings. The standard InChI is InChI=1S/C23H26N2O2/c1-2-27-23(26)22(17-24)21(19-8-4-3-5-9-19)16-18-10-12-20(13-11-18)25-14-6-7-15-25/h3-5,8-13,21-22H,2,6-7,14-16H2,1H3. The van der Waals surface area contributed by atoms with Gasteiger partial charge in [0.25, 0.3) is 0 Å². The molecule has 0 saturated carbocycles. The monoisotopic (exact) mass is 362 g/mol. The van der Waals surface area contributed by atoms with E-state index in [0.717, 1.165) is 24.2 Å². The van der Waals surface area contributed by atoms with Crippen LogP contribution in [0.4, 0.5) is 5.69 Å². The summed E-state index contributed by atoms with van der Waals surface area (Å²) in [6.07, 6.45) is 3.13. The van der Waals surface area contributed by atoms with E-state index in [1.807, 2.05) is 30.3 Å². The van der Waals surface area contributed by atoms with Crippen molar-refractivity contribution >= 4 is 11.7 Å². The Kier molecular flexibility index (Phi) is 6.49. The smallest absolute Gasteiger partial charge is 0.323 e. The van der Waals surface area contributed by atoms with E-state index >= 15 is 0 Å². The molecule has 27 heavy (non-hydrogen) atoms. The molecule has 4 heteroatoms. The van der Waals surface area contributed by atoms with Gasteiger partial charge in [-0.05, 0) is 49.4 Å². The van der Waals surface area contributed by atoms with Gasteiger partial charge in [0.2, 0.25) is 0 Å². The highest BCUT2D eigenvalue weighted by atomic mass is 16.5. The molecule has 1 fully saturated rings. The summed E-state index contributed by atoms with van der Waals surface area (Å²) in [6, 6.07) is 20.5. The van der Waals surface area contributed by atoms with Crippen LogP contribution in [0.2, 0.25) is 0 Å². The summed E-state index contributed by atoms with van der Waals surface area (Å²) >= 11 is 0. The molecule has 2 aromatic carbocycles. The maximum atomic E-state index is 12.4. The van der Waals surface area contributed by atoms with Crippen molar-refractivity contribution in [3.8, 4) is 6.07 Å². The molecule has 4 nitrogen and oxygen atoms in total. The van der Waals surface area contributed by atoms with Crippen LogP contribution in [-0.2, 0) is 16.0 Å². The molecule has 2 atom stereocenters. The zero-order valence-electron chi connectivity index (χ0n) is 15.8. The fourth-order valence-electron chi connectivity index (χ4n) is 3.74. The van der Waals surface area contributed by atoms with Crippen molar-refractivity contribution in [2.75, 3.05) is 24.6 Å². The summed E-state index contributed by atoms with van der Waals surface area (Å²) in [4.78, 5) is 14.8. The SMILES string of the molecule is CCOC(=O)C(C#N)C(Cc1ccc(N2CCCC2)cc1)c1ccccc1. The molecule has 1 saturated heterocycles. The Hall–Kier alpha value is -2.80. The van der Waals surface area contributed by atoms with E-state index in [0.29, 0.717) is 6.42 Å². The number of carbonyl (C=O) groups is 1. The summed E-state index contributed by atoms with van der Waals surface area (Å²) in [5, 5.41) is 9.66. The summed E-state index contributed by atoms with van der Waals surface area (Å²) < 4.78 is 5.15. The van der Waals surface area contributed by atoms with Gasteiger partial charge in [-0.15, -0.1) is 0 Å². The lowest BCUT2D eigenvalue weighted by atomic mass is 9.82. The quantitative estimate of drug-likeness (QED) is 0.689. The first-order valence-corrected chi connectivity index (χ1v) is 9.68. The Balaban J connectivity index is 1.82. The van der Waals surface area contributed by atoms with Gasteiger partial charge in [0, 0.05) is 24.7 Å². The fourth-order valence-corrected chi connectivity index (χ4v) is 3.74. The number of rotatable bonds is 7. The highest BCUT2D eigenvalue weighted by Crippen LogP contribution is 2.30. The molecule has 1 heterocycles. The molecule has 0 spiro atoms. The third-order valence-corrected chi connectivity index (χ3v) is 5.17. The number of ether oxygens (including phenoxy) is 1. The largest absolute Gasteiger partial charge is 0.465 e. The van der Waals surface area contributed by atoms with E-state index in [4.69, 9.17) is 4.74 Å². The first-order chi connectivity index (χ1) is 13.2. The Morgan fingerprint density at radius 2 is 1.78 bits per heavy atom. The molecule has 0 aromatic heterocycles. The van der Waals surface area contributed by atoms with Crippen LogP contribution in [0.5, 0.6) is 0 Å². The van der Waals surface area contributed by atoms with Crippen molar-refractivity contribution in [2.45, 2.75) is 32.1 Å². The second-order valence-electron chi connectivity index (χ2n) is 6.94. The van der Waals surface area contributed by atoms with Crippen molar-refractivity contribution in [3.63, 3.8) is 0 Å². The molecule has 0 amide bonds. The average molecular weight is 362 g/mol. The third kappa shape index (κ3) is 4.68. The molecular formula is C23H26N2O2. The molecule has 0 bridgehead atoms. The van der Waals surface area contributed by atoms with Crippen LogP contribution < -0.4 is 4.90 Å². The Morgan fingerprint density at radius 1 is 1.11 bits per heavy atom. The highest BCUT2D eigenvalue weighted by Gasteiger charge is 2.31. The topological polar surface area (TPSA) is 53.3 Å². The molecular weight excluding hydrogens is 336 g/mol. The average Bonchev–Trinajstić information content (AvgIpc) is 3.24. The number of hydrogen-bond acceptors (Lipinski definition) is 4. The molecule has 140 valence electrons. The van der Waals surface area contributed by atoms with Crippen molar-refractivity contribution in [3.05, 3.63) is 65.7 Å². The van der Waals surface area contributed by atoms with Gasteiger partial charge in [-0.2, -0.15) is 5.26 Å². The molecule has 3 rings (SSSR count). The van der Waals surface area contributed by atoms with Gasteiger partial charge >= 0.3 is 5.97 Å². The minimum absolute atomic E-state index is 0.229. The summed E-state index contributed by atoms with van der Waals surface area (Å²) in [6.45, 7) is 4.28. The Morgan fingerprint density at radius 3 is 2.37 bits per heavy atom. The van der Waals surface area contributed by atoms with E-state index in [2.05, 4.69) is 35.2 Å². The van der Waals surface area contributed by atoms with Crippen LogP contribution in [0.25, 0.3) is 0 Å². The molecule has 0 aliphatic carbocycles. The molecule has 2 unspecified atom stereocenters. The van der Waals surface area contributed by atoms with Gasteiger partial charge in [0.1, 0.15) is 0 Å². The van der Waals surface area contributed by atoms with Crippen LogP contribution in [0.15, 0.2) is 54.6 Å². The van der Waals surface area contributed by atoms with E-state index in [-0.39, 0.29) is 12.5 Å². The first-order valence-electron chi connectivity index (χ1n) is 9.68. The molecule has 0 N–H and O–H groups in total. The molecule has 0 radical (unpaired) electrons. The Bertz CT molecular complexity index is 774. The van der Waals surface area contributed by atoms with Gasteiger partial charge in [-0.1, -0.05) is 42.5 Å². The zero-order valence-corrected chi connectivity index (χ0v) is 15.8. The minimum Gasteiger partial charge on any atom is -0.465 e. The maximum Gasteiger partial charge on any atom is 0.323 e. The van der Waals surface area contributed by atoms with E-state index in [1.54, 1.807) is 6.92 Å². The number of hydrogen-bond donors (Lipinski definition) is 0. The van der Waals surface area contributed by atoms with Crippen LogP contribution >= 0.6 is 0 Å². The van der Waals surface area contributed by atoms with Crippen molar-refractivity contribution in [1.82, 2.24) is 0 Å². The second kappa shape index (κ2) is 9.23. The lowest BCUT2D eigenvalue weighted by Crippen LogP contribution is -2.25. The van der Waals surface area contributed by atoms with Crippen molar-refractivity contribution in [1.29, 1.82) is 5.26 Å². The number of esters is 1. The van der Waals surface area contributed by atoms with Crippen LogP contribution in [0.1, 0.15) is 36.8 Å². The second-order valence-corrected chi connectivity index (χ2v) is 6.94. The van der Waals surface area contributed by atoms with E-state index in [1.165, 1.54) is 18.5 Å². The molecule has 1 aliphatic heterocycles. The van der Waals surface area contributed by atoms with Crippen LogP contribution in [0.3, 0.4) is 0 Å². The lowest BCUT2D eigenvalue weighted by Gasteiger charge is -2.22. The van der Waals surface area contributed by atoms with Gasteiger partial charge in [-0.25, -0.2) is 0 Å². The van der Waals surface area contributed by atoms with Gasteiger partial charge < -0.3 is 9.64 Å². The van der Waals surface area contributed by atoms with Crippen LogP contribution in [-0.4, -0.2) is 25.7 Å². The summed E-state index contributed by atoms with van der Waals surface area (Å²) in [5.41, 5.74) is 3.35. The predicted octanol–water partition coefficient (Wildman–Crippen LogP) is 4.32. The number of anilines is 1. The number of benzene rings is 2. The zero-order chi connectivity index (χ0) is 19.1. The number of carbonyl (C=O) groups excluding carboxylic acids is 1. The summed E-state index contributed by atoms with van der Waals surface area (Å²) in [5.74, 6) is -1.49. The minimum atomic E-state index is -0.814. The van der Waals surface area contributed by atoms with Gasteiger partial charge in [-0.3, -0.25) is 4.79 Å². The third-order valence-electron chi connectivity index (χ3n) is 5.17. The highest BCUT2D eigenvalue weighted by molar-refractivity contribution is 5.76. The number of nitriles is 1. The number of nitrogens with zero attached hydrogens (tertiary/aromatic N) is 2. The Labute approximate surface area is 161 Å². The van der Waals surface area contributed by atoms with Crippen molar-refractivity contribution < 1.29 is 9.53 Å².